The van der Waals surface area contributed by atoms with E-state index in [1.165, 1.54) is 18.9 Å². The molecule has 0 spiro atoms. The van der Waals surface area contributed by atoms with Crippen molar-refractivity contribution in [3.8, 4) is 5.75 Å². The summed E-state index contributed by atoms with van der Waals surface area (Å²) in [7, 11) is -1.99. The van der Waals surface area contributed by atoms with Crippen LogP contribution >= 0.6 is 11.6 Å². The maximum atomic E-state index is 12.6. The highest BCUT2D eigenvalue weighted by atomic mass is 35.5. The summed E-state index contributed by atoms with van der Waals surface area (Å²) in [4.78, 5) is 25.7. The molecule has 2 atom stereocenters. The number of rotatable bonds is 6. The zero-order chi connectivity index (χ0) is 18.6. The number of carbonyl (C=O) groups excluding carboxylic acids is 2. The van der Waals surface area contributed by atoms with Crippen LogP contribution in [0.3, 0.4) is 0 Å². The fourth-order valence-corrected chi connectivity index (χ4v) is 4.60. The van der Waals surface area contributed by atoms with Crippen LogP contribution in [0.1, 0.15) is 13.3 Å². The fraction of sp³-hybridized carbons (Fsp3) is 0.500. The molecule has 1 aliphatic rings. The summed E-state index contributed by atoms with van der Waals surface area (Å²) >= 11 is 5.79. The Morgan fingerprint density at radius 2 is 1.96 bits per heavy atom. The largest absolute Gasteiger partial charge is 0.484 e. The minimum atomic E-state index is -3.21. The zero-order valence-corrected chi connectivity index (χ0v) is 15.5. The number of halogens is 1. The van der Waals surface area contributed by atoms with Gasteiger partial charge in [-0.15, -0.1) is 0 Å². The summed E-state index contributed by atoms with van der Waals surface area (Å²) in [6, 6.07) is 5.01. The minimum Gasteiger partial charge on any atom is -0.484 e. The number of methoxy groups -OCH3 is 1. The lowest BCUT2D eigenvalue weighted by Gasteiger charge is -2.32. The van der Waals surface area contributed by atoms with Gasteiger partial charge in [0.1, 0.15) is 11.8 Å². The highest BCUT2D eigenvalue weighted by molar-refractivity contribution is 7.91. The standard InChI is InChI=1S/C16H20ClNO6S/c1-11(16(20)23-2)18(13-7-8-25(21,22)10-13)15(19)9-24-14-5-3-12(17)4-6-14/h3-6,11,13H,7-10H2,1-2H3/t11-,13-/m0/s1. The molecule has 0 bridgehead atoms. The second-order valence-corrected chi connectivity index (χ2v) is 8.46. The van der Waals surface area contributed by atoms with Crippen molar-refractivity contribution in [2.24, 2.45) is 0 Å². The van der Waals surface area contributed by atoms with Gasteiger partial charge in [0.2, 0.25) is 0 Å². The Kier molecular flexibility index (Phi) is 6.29. The van der Waals surface area contributed by atoms with E-state index in [9.17, 15) is 18.0 Å². The highest BCUT2D eigenvalue weighted by Crippen LogP contribution is 2.22. The summed E-state index contributed by atoms with van der Waals surface area (Å²) in [6.45, 7) is 1.19. The van der Waals surface area contributed by atoms with Crippen LogP contribution in [-0.2, 0) is 24.2 Å². The number of hydrogen-bond acceptors (Lipinski definition) is 6. The predicted octanol–water partition coefficient (Wildman–Crippen LogP) is 1.30. The Balaban J connectivity index is 2.12. The van der Waals surface area contributed by atoms with E-state index in [4.69, 9.17) is 21.1 Å². The molecule has 0 aliphatic carbocycles. The molecule has 1 saturated heterocycles. The molecule has 0 radical (unpaired) electrons. The lowest BCUT2D eigenvalue weighted by Crippen LogP contribution is -2.51. The summed E-state index contributed by atoms with van der Waals surface area (Å²) in [5.74, 6) is -0.810. The van der Waals surface area contributed by atoms with Gasteiger partial charge in [0.05, 0.1) is 18.6 Å². The van der Waals surface area contributed by atoms with Gasteiger partial charge in [0.25, 0.3) is 5.91 Å². The SMILES string of the molecule is COC(=O)[C@H](C)N(C(=O)COc1ccc(Cl)cc1)[C@H]1CCS(=O)(=O)C1. The van der Waals surface area contributed by atoms with Crippen molar-refractivity contribution in [3.05, 3.63) is 29.3 Å². The summed E-state index contributed by atoms with van der Waals surface area (Å²) in [5.41, 5.74) is 0. The lowest BCUT2D eigenvalue weighted by molar-refractivity contribution is -0.154. The molecule has 2 rings (SSSR count). The average Bonchev–Trinajstić information content (AvgIpc) is 2.93. The van der Waals surface area contributed by atoms with Gasteiger partial charge in [-0.25, -0.2) is 13.2 Å². The molecule has 1 aliphatic heterocycles. The average molecular weight is 390 g/mol. The third kappa shape index (κ3) is 5.09. The van der Waals surface area contributed by atoms with Crippen LogP contribution in [0.2, 0.25) is 5.02 Å². The van der Waals surface area contributed by atoms with E-state index in [1.54, 1.807) is 24.3 Å². The molecule has 0 saturated carbocycles. The van der Waals surface area contributed by atoms with Crippen molar-refractivity contribution in [2.45, 2.75) is 25.4 Å². The lowest BCUT2D eigenvalue weighted by atomic mass is 10.1. The molecule has 7 nitrogen and oxygen atoms in total. The highest BCUT2D eigenvalue weighted by Gasteiger charge is 2.39. The molecule has 1 amide bonds. The van der Waals surface area contributed by atoms with Gasteiger partial charge in [0, 0.05) is 11.1 Å². The van der Waals surface area contributed by atoms with Crippen LogP contribution in [0.4, 0.5) is 0 Å². The molecule has 0 unspecified atom stereocenters. The second kappa shape index (κ2) is 8.05. The molecule has 25 heavy (non-hydrogen) atoms. The zero-order valence-electron chi connectivity index (χ0n) is 14.0. The Morgan fingerprint density at radius 1 is 1.32 bits per heavy atom. The number of esters is 1. The van der Waals surface area contributed by atoms with Gasteiger partial charge in [-0.2, -0.15) is 0 Å². The van der Waals surface area contributed by atoms with Gasteiger partial charge >= 0.3 is 5.97 Å². The number of amides is 1. The molecule has 0 N–H and O–H groups in total. The van der Waals surface area contributed by atoms with E-state index in [-0.39, 0.29) is 24.5 Å². The smallest absolute Gasteiger partial charge is 0.328 e. The van der Waals surface area contributed by atoms with Crippen molar-refractivity contribution < 1.29 is 27.5 Å². The van der Waals surface area contributed by atoms with Crippen molar-refractivity contribution in [1.82, 2.24) is 4.90 Å². The number of ether oxygens (including phenoxy) is 2. The molecule has 1 heterocycles. The van der Waals surface area contributed by atoms with Crippen LogP contribution in [0.15, 0.2) is 24.3 Å². The third-order valence-corrected chi connectivity index (χ3v) is 6.03. The van der Waals surface area contributed by atoms with Crippen LogP contribution in [0.25, 0.3) is 0 Å². The van der Waals surface area contributed by atoms with Gasteiger partial charge in [-0.05, 0) is 37.6 Å². The van der Waals surface area contributed by atoms with Crippen LogP contribution in [0.5, 0.6) is 5.75 Å². The van der Waals surface area contributed by atoms with Gasteiger partial charge in [-0.1, -0.05) is 11.6 Å². The molecule has 0 aromatic heterocycles. The summed E-state index contributed by atoms with van der Waals surface area (Å²) in [6.07, 6.45) is 0.288. The Bertz CT molecular complexity index is 733. The number of nitrogens with zero attached hydrogens (tertiary/aromatic N) is 1. The molecule has 1 aromatic rings. The maximum absolute atomic E-state index is 12.6. The monoisotopic (exact) mass is 389 g/mol. The van der Waals surface area contributed by atoms with Crippen molar-refractivity contribution in [3.63, 3.8) is 0 Å². The van der Waals surface area contributed by atoms with Crippen LogP contribution in [-0.4, -0.2) is 62.5 Å². The van der Waals surface area contributed by atoms with Crippen molar-refractivity contribution >= 4 is 33.3 Å². The van der Waals surface area contributed by atoms with Crippen molar-refractivity contribution in [2.75, 3.05) is 25.2 Å². The number of carbonyl (C=O) groups is 2. The van der Waals surface area contributed by atoms with Crippen LogP contribution < -0.4 is 4.74 Å². The van der Waals surface area contributed by atoms with Gasteiger partial charge in [0.15, 0.2) is 16.4 Å². The first-order valence-corrected chi connectivity index (χ1v) is 9.91. The van der Waals surface area contributed by atoms with Crippen molar-refractivity contribution in [1.29, 1.82) is 0 Å². The molecular weight excluding hydrogens is 370 g/mol. The van der Waals surface area contributed by atoms with E-state index < -0.39 is 33.8 Å². The van der Waals surface area contributed by atoms with E-state index in [1.807, 2.05) is 0 Å². The first-order chi connectivity index (χ1) is 11.7. The first-order valence-electron chi connectivity index (χ1n) is 7.71. The third-order valence-electron chi connectivity index (χ3n) is 4.03. The Hall–Kier alpha value is -1.80. The molecule has 138 valence electrons. The van der Waals surface area contributed by atoms with E-state index in [0.717, 1.165) is 0 Å². The Labute approximate surface area is 151 Å². The number of hydrogen-bond donors (Lipinski definition) is 0. The number of sulfone groups is 1. The fourth-order valence-electron chi connectivity index (χ4n) is 2.77. The Morgan fingerprint density at radius 3 is 2.48 bits per heavy atom. The molecular formula is C16H20ClNO6S. The topological polar surface area (TPSA) is 90.0 Å². The van der Waals surface area contributed by atoms with Crippen LogP contribution in [0, 0.1) is 0 Å². The first kappa shape index (κ1) is 19.5. The molecule has 1 aromatic carbocycles. The number of benzene rings is 1. The minimum absolute atomic E-state index is 0.00657. The molecule has 9 heteroatoms. The second-order valence-electron chi connectivity index (χ2n) is 5.80. The van der Waals surface area contributed by atoms with E-state index in [2.05, 4.69) is 0 Å². The normalized spacial score (nSPS) is 19.9. The maximum Gasteiger partial charge on any atom is 0.328 e. The predicted molar refractivity (Wildman–Crippen MR) is 92.3 cm³/mol. The molecule has 1 fully saturated rings. The van der Waals surface area contributed by atoms with E-state index >= 15 is 0 Å². The van der Waals surface area contributed by atoms with Gasteiger partial charge < -0.3 is 14.4 Å². The van der Waals surface area contributed by atoms with E-state index in [0.29, 0.717) is 10.8 Å². The quantitative estimate of drug-likeness (QED) is 0.681. The summed E-state index contributed by atoms with van der Waals surface area (Å²) < 4.78 is 33.6. The summed E-state index contributed by atoms with van der Waals surface area (Å²) in [5, 5.41) is 0.538. The van der Waals surface area contributed by atoms with Gasteiger partial charge in [-0.3, -0.25) is 4.79 Å².